The molecule has 1 unspecified atom stereocenters. The minimum Gasteiger partial charge on any atom is -0.380 e. The Bertz CT molecular complexity index is 91.3. The van der Waals surface area contributed by atoms with Crippen LogP contribution < -0.4 is 5.73 Å². The van der Waals surface area contributed by atoms with Gasteiger partial charge in [0.25, 0.3) is 0 Å². The first-order chi connectivity index (χ1) is 4.84. The summed E-state index contributed by atoms with van der Waals surface area (Å²) in [6, 6.07) is 0.312. The average Bonchev–Trinajstić information content (AvgIpc) is 2.69. The van der Waals surface area contributed by atoms with Crippen LogP contribution in [0.4, 0.5) is 0 Å². The molecule has 0 saturated heterocycles. The molecule has 2 N–H and O–H groups in total. The lowest BCUT2D eigenvalue weighted by Crippen LogP contribution is -2.28. The van der Waals surface area contributed by atoms with Crippen LogP contribution in [0.1, 0.15) is 26.2 Å². The highest BCUT2D eigenvalue weighted by molar-refractivity contribution is 4.83. The largest absolute Gasteiger partial charge is 0.380 e. The first-order valence-electron chi connectivity index (χ1n) is 4.18. The van der Waals surface area contributed by atoms with Crippen molar-refractivity contribution in [2.45, 2.75) is 32.2 Å². The molecule has 0 heterocycles. The predicted octanol–water partition coefficient (Wildman–Crippen LogP) is 1.15. The highest BCUT2D eigenvalue weighted by atomic mass is 16.5. The predicted molar refractivity (Wildman–Crippen MR) is 41.8 cm³/mol. The van der Waals surface area contributed by atoms with Crippen molar-refractivity contribution in [1.82, 2.24) is 0 Å². The molecular formula is C8H17NO. The Morgan fingerprint density at radius 2 is 2.30 bits per heavy atom. The molecule has 1 aliphatic rings. The highest BCUT2D eigenvalue weighted by Crippen LogP contribution is 2.31. The van der Waals surface area contributed by atoms with E-state index in [9.17, 15) is 0 Å². The molecule has 2 nitrogen and oxygen atoms in total. The zero-order chi connectivity index (χ0) is 7.40. The van der Waals surface area contributed by atoms with E-state index >= 15 is 0 Å². The van der Waals surface area contributed by atoms with E-state index in [1.165, 1.54) is 12.8 Å². The molecule has 2 heteroatoms. The van der Waals surface area contributed by atoms with Gasteiger partial charge in [0.1, 0.15) is 0 Å². The second-order valence-electron chi connectivity index (χ2n) is 3.08. The monoisotopic (exact) mass is 143 g/mol. The van der Waals surface area contributed by atoms with Gasteiger partial charge in [0, 0.05) is 12.6 Å². The zero-order valence-electron chi connectivity index (χ0n) is 6.68. The fourth-order valence-corrected chi connectivity index (χ4v) is 1.02. The zero-order valence-corrected chi connectivity index (χ0v) is 6.68. The first-order valence-corrected chi connectivity index (χ1v) is 4.18. The number of hydrogen-bond donors (Lipinski definition) is 1. The van der Waals surface area contributed by atoms with Crippen molar-refractivity contribution >= 4 is 0 Å². The lowest BCUT2D eigenvalue weighted by Gasteiger charge is -2.09. The Morgan fingerprint density at radius 3 is 2.80 bits per heavy atom. The van der Waals surface area contributed by atoms with Crippen LogP contribution in [0.3, 0.4) is 0 Å². The van der Waals surface area contributed by atoms with Crippen molar-refractivity contribution in [3.8, 4) is 0 Å². The molecule has 1 fully saturated rings. The lowest BCUT2D eigenvalue weighted by molar-refractivity contribution is 0.116. The Balaban J connectivity index is 1.90. The standard InChI is InChI=1S/C8H17NO/c1-2-5-10-6-8(9)7-3-4-7/h7-8H,2-6,9H2,1H3. The van der Waals surface area contributed by atoms with Crippen molar-refractivity contribution in [2.24, 2.45) is 11.7 Å². The van der Waals surface area contributed by atoms with E-state index in [1.54, 1.807) is 0 Å². The molecule has 0 aliphatic heterocycles. The van der Waals surface area contributed by atoms with Gasteiger partial charge in [-0.25, -0.2) is 0 Å². The Hall–Kier alpha value is -0.0800. The molecule has 1 rings (SSSR count). The Morgan fingerprint density at radius 1 is 1.60 bits per heavy atom. The van der Waals surface area contributed by atoms with Crippen molar-refractivity contribution in [3.63, 3.8) is 0 Å². The molecule has 60 valence electrons. The summed E-state index contributed by atoms with van der Waals surface area (Å²) in [6.07, 6.45) is 3.73. The molecule has 0 bridgehead atoms. The van der Waals surface area contributed by atoms with E-state index in [4.69, 9.17) is 10.5 Å². The Kier molecular flexibility index (Phi) is 3.16. The van der Waals surface area contributed by atoms with Crippen molar-refractivity contribution in [2.75, 3.05) is 13.2 Å². The van der Waals surface area contributed by atoms with Crippen LogP contribution >= 0.6 is 0 Å². The van der Waals surface area contributed by atoms with Crippen molar-refractivity contribution in [3.05, 3.63) is 0 Å². The molecule has 0 aromatic rings. The molecule has 1 atom stereocenters. The third-order valence-corrected chi connectivity index (χ3v) is 1.89. The van der Waals surface area contributed by atoms with Gasteiger partial charge in [-0.3, -0.25) is 0 Å². The average molecular weight is 143 g/mol. The van der Waals surface area contributed by atoms with Crippen LogP contribution in [-0.2, 0) is 4.74 Å². The SMILES string of the molecule is CCCOCC(N)C1CC1. The fourth-order valence-electron chi connectivity index (χ4n) is 1.02. The molecule has 0 aromatic heterocycles. The molecule has 0 radical (unpaired) electrons. The summed E-state index contributed by atoms with van der Waals surface area (Å²) in [6.45, 7) is 3.74. The molecule has 1 saturated carbocycles. The van der Waals surface area contributed by atoms with Crippen LogP contribution in [0, 0.1) is 5.92 Å². The van der Waals surface area contributed by atoms with Crippen LogP contribution in [0.5, 0.6) is 0 Å². The van der Waals surface area contributed by atoms with Gasteiger partial charge < -0.3 is 10.5 Å². The highest BCUT2D eigenvalue weighted by Gasteiger charge is 2.28. The minimum atomic E-state index is 0.312. The van der Waals surface area contributed by atoms with Crippen LogP contribution in [0.25, 0.3) is 0 Å². The normalized spacial score (nSPS) is 21.0. The van der Waals surface area contributed by atoms with E-state index in [1.807, 2.05) is 0 Å². The minimum absolute atomic E-state index is 0.312. The van der Waals surface area contributed by atoms with Crippen molar-refractivity contribution < 1.29 is 4.74 Å². The number of ether oxygens (including phenoxy) is 1. The number of rotatable bonds is 5. The van der Waals surface area contributed by atoms with Gasteiger partial charge in [0.2, 0.25) is 0 Å². The summed E-state index contributed by atoms with van der Waals surface area (Å²) in [5, 5.41) is 0. The van der Waals surface area contributed by atoms with Gasteiger partial charge in [0.15, 0.2) is 0 Å². The van der Waals surface area contributed by atoms with Crippen molar-refractivity contribution in [1.29, 1.82) is 0 Å². The van der Waals surface area contributed by atoms with E-state index in [-0.39, 0.29) is 0 Å². The number of hydrogen-bond acceptors (Lipinski definition) is 2. The van der Waals surface area contributed by atoms with E-state index in [0.29, 0.717) is 6.04 Å². The summed E-state index contributed by atoms with van der Waals surface area (Å²) >= 11 is 0. The molecule has 10 heavy (non-hydrogen) atoms. The van der Waals surface area contributed by atoms with Crippen LogP contribution in [0.2, 0.25) is 0 Å². The third kappa shape index (κ3) is 2.67. The molecule has 0 amide bonds. The molecule has 1 aliphatic carbocycles. The topological polar surface area (TPSA) is 35.2 Å². The summed E-state index contributed by atoms with van der Waals surface area (Å²) in [4.78, 5) is 0. The summed E-state index contributed by atoms with van der Waals surface area (Å²) in [5.74, 6) is 0.775. The molecular weight excluding hydrogens is 126 g/mol. The van der Waals surface area contributed by atoms with Gasteiger partial charge >= 0.3 is 0 Å². The summed E-state index contributed by atoms with van der Waals surface area (Å²) in [7, 11) is 0. The maximum atomic E-state index is 5.79. The molecule has 0 aromatic carbocycles. The fraction of sp³-hybridized carbons (Fsp3) is 1.00. The van der Waals surface area contributed by atoms with Gasteiger partial charge in [-0.1, -0.05) is 6.92 Å². The van der Waals surface area contributed by atoms with E-state index < -0.39 is 0 Å². The smallest absolute Gasteiger partial charge is 0.0620 e. The van der Waals surface area contributed by atoms with Gasteiger partial charge in [-0.05, 0) is 25.2 Å². The quantitative estimate of drug-likeness (QED) is 0.586. The maximum absolute atomic E-state index is 5.79. The summed E-state index contributed by atoms with van der Waals surface area (Å²) in [5.41, 5.74) is 5.79. The Labute approximate surface area is 62.7 Å². The maximum Gasteiger partial charge on any atom is 0.0620 e. The van der Waals surface area contributed by atoms with Gasteiger partial charge in [-0.15, -0.1) is 0 Å². The first kappa shape index (κ1) is 8.02. The second-order valence-corrected chi connectivity index (χ2v) is 3.08. The summed E-state index contributed by atoms with van der Waals surface area (Å²) < 4.78 is 5.32. The van der Waals surface area contributed by atoms with Gasteiger partial charge in [0.05, 0.1) is 6.61 Å². The van der Waals surface area contributed by atoms with E-state index in [0.717, 1.165) is 25.6 Å². The third-order valence-electron chi connectivity index (χ3n) is 1.89. The second kappa shape index (κ2) is 3.94. The lowest BCUT2D eigenvalue weighted by atomic mass is 10.2. The van der Waals surface area contributed by atoms with Gasteiger partial charge in [-0.2, -0.15) is 0 Å². The number of nitrogens with two attached hydrogens (primary N) is 1. The van der Waals surface area contributed by atoms with E-state index in [2.05, 4.69) is 6.92 Å². The van der Waals surface area contributed by atoms with Crippen LogP contribution in [0.15, 0.2) is 0 Å². The van der Waals surface area contributed by atoms with Crippen LogP contribution in [-0.4, -0.2) is 19.3 Å². The molecule has 0 spiro atoms.